The van der Waals surface area contributed by atoms with Crippen molar-refractivity contribution in [3.05, 3.63) is 29.8 Å². The molecule has 25 heavy (non-hydrogen) atoms. The lowest BCUT2D eigenvalue weighted by Crippen LogP contribution is -2.44. The average molecular weight is 365 g/mol. The van der Waals surface area contributed by atoms with Gasteiger partial charge in [-0.05, 0) is 50.5 Å². The van der Waals surface area contributed by atoms with Crippen LogP contribution in [0.15, 0.2) is 24.3 Å². The highest BCUT2D eigenvalue weighted by atomic mass is 35.5. The second-order valence-corrected chi connectivity index (χ2v) is 7.91. The van der Waals surface area contributed by atoms with Crippen LogP contribution < -0.4 is 15.8 Å². The molecule has 4 rings (SSSR count). The Bertz CT molecular complexity index is 615. The maximum Gasteiger partial charge on any atom is 0.220 e. The minimum atomic E-state index is -0.0734. The normalized spacial score (nSPS) is 29.6. The van der Waals surface area contributed by atoms with Crippen LogP contribution in [0.25, 0.3) is 0 Å². The Hall–Kier alpha value is -1.26. The lowest BCUT2D eigenvalue weighted by Gasteiger charge is -2.40. The molecule has 2 fully saturated rings. The molecule has 2 saturated carbocycles. The van der Waals surface area contributed by atoms with Crippen LogP contribution in [0.4, 0.5) is 0 Å². The third kappa shape index (κ3) is 3.80. The first-order chi connectivity index (χ1) is 11.7. The second-order valence-electron chi connectivity index (χ2n) is 7.91. The topological polar surface area (TPSA) is 64.4 Å². The van der Waals surface area contributed by atoms with Gasteiger partial charge >= 0.3 is 0 Å². The van der Waals surface area contributed by atoms with Crippen LogP contribution in [0, 0.1) is 5.92 Å². The molecule has 2 aliphatic carbocycles. The summed E-state index contributed by atoms with van der Waals surface area (Å²) >= 11 is 0. The summed E-state index contributed by atoms with van der Waals surface area (Å²) in [4.78, 5) is 12.6. The number of para-hydroxylation sites is 1. The molecule has 0 aromatic heterocycles. The van der Waals surface area contributed by atoms with E-state index in [2.05, 4.69) is 11.4 Å². The summed E-state index contributed by atoms with van der Waals surface area (Å²) in [7, 11) is 0. The maximum absolute atomic E-state index is 12.6. The number of benzene rings is 1. The number of nitrogens with one attached hydrogen (secondary N) is 1. The fourth-order valence-corrected chi connectivity index (χ4v) is 4.88. The van der Waals surface area contributed by atoms with Gasteiger partial charge in [0.2, 0.25) is 5.91 Å². The Morgan fingerprint density at radius 3 is 2.68 bits per heavy atom. The maximum atomic E-state index is 12.6. The molecule has 3 aliphatic rings. The van der Waals surface area contributed by atoms with Crippen molar-refractivity contribution in [3.8, 4) is 5.75 Å². The number of rotatable bonds is 3. The Morgan fingerprint density at radius 2 is 1.96 bits per heavy atom. The van der Waals surface area contributed by atoms with Gasteiger partial charge in [0, 0.05) is 24.4 Å². The van der Waals surface area contributed by atoms with Crippen molar-refractivity contribution in [2.75, 3.05) is 0 Å². The van der Waals surface area contributed by atoms with Gasteiger partial charge in [-0.1, -0.05) is 24.6 Å². The van der Waals surface area contributed by atoms with E-state index in [4.69, 9.17) is 10.5 Å². The highest BCUT2D eigenvalue weighted by molar-refractivity contribution is 5.85. The quantitative estimate of drug-likeness (QED) is 0.855. The molecule has 5 heteroatoms. The number of carbonyl (C=O) groups excluding carboxylic acids is 1. The van der Waals surface area contributed by atoms with Crippen molar-refractivity contribution in [1.82, 2.24) is 5.32 Å². The molecular formula is C20H29ClN2O2. The summed E-state index contributed by atoms with van der Waals surface area (Å²) in [5.74, 6) is 1.45. The zero-order chi connectivity index (χ0) is 16.6. The van der Waals surface area contributed by atoms with Crippen LogP contribution in [0.2, 0.25) is 0 Å². The molecule has 0 saturated heterocycles. The Labute approximate surface area is 156 Å². The third-order valence-electron chi connectivity index (χ3n) is 6.21. The molecule has 138 valence electrons. The zero-order valence-corrected chi connectivity index (χ0v) is 15.5. The van der Waals surface area contributed by atoms with Crippen LogP contribution in [0.5, 0.6) is 5.75 Å². The van der Waals surface area contributed by atoms with Crippen LogP contribution in [-0.4, -0.2) is 17.6 Å². The zero-order valence-electron chi connectivity index (χ0n) is 14.7. The number of nitrogens with two attached hydrogens (primary N) is 1. The van der Waals surface area contributed by atoms with E-state index in [1.807, 2.05) is 18.2 Å². The average Bonchev–Trinajstić information content (AvgIpc) is 3.17. The van der Waals surface area contributed by atoms with Crippen LogP contribution in [-0.2, 0) is 4.79 Å². The Balaban J connectivity index is 0.00000182. The minimum Gasteiger partial charge on any atom is -0.487 e. The van der Waals surface area contributed by atoms with Gasteiger partial charge in [-0.15, -0.1) is 12.4 Å². The molecule has 0 radical (unpaired) electrons. The predicted molar refractivity (Wildman–Crippen MR) is 101 cm³/mol. The third-order valence-corrected chi connectivity index (χ3v) is 6.21. The summed E-state index contributed by atoms with van der Waals surface area (Å²) in [6, 6.07) is 8.44. The highest BCUT2D eigenvalue weighted by Gasteiger charge is 2.43. The molecule has 0 bridgehead atoms. The number of halogens is 1. The van der Waals surface area contributed by atoms with Crippen LogP contribution >= 0.6 is 12.4 Å². The van der Waals surface area contributed by atoms with Crippen molar-refractivity contribution in [2.24, 2.45) is 11.7 Å². The number of ether oxygens (including phenoxy) is 1. The monoisotopic (exact) mass is 364 g/mol. The second kappa shape index (κ2) is 7.55. The van der Waals surface area contributed by atoms with Gasteiger partial charge in [-0.2, -0.15) is 0 Å². The van der Waals surface area contributed by atoms with Crippen molar-refractivity contribution >= 4 is 18.3 Å². The van der Waals surface area contributed by atoms with Crippen molar-refractivity contribution in [1.29, 1.82) is 0 Å². The van der Waals surface area contributed by atoms with E-state index >= 15 is 0 Å². The molecule has 1 spiro atoms. The van der Waals surface area contributed by atoms with E-state index in [0.29, 0.717) is 12.3 Å². The van der Waals surface area contributed by atoms with Crippen molar-refractivity contribution in [3.63, 3.8) is 0 Å². The summed E-state index contributed by atoms with van der Waals surface area (Å²) in [6.07, 6.45) is 9.40. The van der Waals surface area contributed by atoms with Gasteiger partial charge in [-0.25, -0.2) is 0 Å². The molecule has 1 aromatic rings. The minimum absolute atomic E-state index is 0. The molecule has 1 heterocycles. The summed E-state index contributed by atoms with van der Waals surface area (Å²) in [5, 5.41) is 3.30. The smallest absolute Gasteiger partial charge is 0.220 e. The fourth-order valence-electron chi connectivity index (χ4n) is 4.88. The lowest BCUT2D eigenvalue weighted by atomic mass is 9.85. The lowest BCUT2D eigenvalue weighted by molar-refractivity contribution is -0.123. The molecule has 1 unspecified atom stereocenters. The first-order valence-electron chi connectivity index (χ1n) is 9.48. The van der Waals surface area contributed by atoms with Crippen LogP contribution in [0.1, 0.15) is 69.4 Å². The van der Waals surface area contributed by atoms with Gasteiger partial charge in [0.1, 0.15) is 11.4 Å². The fraction of sp³-hybridized carbons (Fsp3) is 0.650. The van der Waals surface area contributed by atoms with E-state index in [-0.39, 0.29) is 36.0 Å². The Kier molecular flexibility index (Phi) is 5.59. The number of carbonyl (C=O) groups is 1. The van der Waals surface area contributed by atoms with Crippen molar-refractivity contribution in [2.45, 2.75) is 75.5 Å². The van der Waals surface area contributed by atoms with E-state index in [1.165, 1.54) is 12.8 Å². The van der Waals surface area contributed by atoms with Gasteiger partial charge in [0.15, 0.2) is 0 Å². The highest BCUT2D eigenvalue weighted by Crippen LogP contribution is 2.47. The van der Waals surface area contributed by atoms with Gasteiger partial charge in [0.05, 0.1) is 6.04 Å². The van der Waals surface area contributed by atoms with E-state index < -0.39 is 0 Å². The number of amides is 1. The van der Waals surface area contributed by atoms with E-state index in [0.717, 1.165) is 49.8 Å². The first kappa shape index (κ1) is 18.5. The standard InChI is InChI=1S/C20H28N2O2.ClH/c21-16-8-5-6-14(16)12-19(23)22-17-13-20(10-3-4-11-20)24-18-9-2-1-7-15(17)18;/h1-2,7,9,14,16-17H,3-6,8,10-13,21H2,(H,22,23);1H/t14-,16+,17?;/m0./s1. The predicted octanol–water partition coefficient (Wildman–Crippen LogP) is 3.88. The molecule has 3 atom stereocenters. The first-order valence-corrected chi connectivity index (χ1v) is 9.48. The van der Waals surface area contributed by atoms with E-state index in [9.17, 15) is 4.79 Å². The number of fused-ring (bicyclic) bond motifs is 1. The van der Waals surface area contributed by atoms with Gasteiger partial charge in [0.25, 0.3) is 0 Å². The summed E-state index contributed by atoms with van der Waals surface area (Å²) in [5.41, 5.74) is 7.18. The summed E-state index contributed by atoms with van der Waals surface area (Å²) in [6.45, 7) is 0. The molecule has 1 aliphatic heterocycles. The molecule has 1 amide bonds. The molecule has 1 aromatic carbocycles. The Morgan fingerprint density at radius 1 is 1.20 bits per heavy atom. The SMILES string of the molecule is Cl.N[C@@H]1CCC[C@H]1CC(=O)NC1CC2(CCCC2)Oc2ccccc21. The summed E-state index contributed by atoms with van der Waals surface area (Å²) < 4.78 is 6.37. The molecular weight excluding hydrogens is 336 g/mol. The van der Waals surface area contributed by atoms with E-state index in [1.54, 1.807) is 0 Å². The van der Waals surface area contributed by atoms with Gasteiger partial charge < -0.3 is 15.8 Å². The molecule has 3 N–H and O–H groups in total. The largest absolute Gasteiger partial charge is 0.487 e. The van der Waals surface area contributed by atoms with Crippen LogP contribution in [0.3, 0.4) is 0 Å². The van der Waals surface area contributed by atoms with Crippen molar-refractivity contribution < 1.29 is 9.53 Å². The number of hydrogen-bond donors (Lipinski definition) is 2. The molecule has 4 nitrogen and oxygen atoms in total. The van der Waals surface area contributed by atoms with Gasteiger partial charge in [-0.3, -0.25) is 4.79 Å². The number of hydrogen-bond acceptors (Lipinski definition) is 3.